The van der Waals surface area contributed by atoms with Gasteiger partial charge in [0.2, 0.25) is 0 Å². The van der Waals surface area contributed by atoms with Gasteiger partial charge in [0.15, 0.2) is 0 Å². The van der Waals surface area contributed by atoms with Crippen molar-refractivity contribution < 1.29 is 14.8 Å². The van der Waals surface area contributed by atoms with Crippen molar-refractivity contribution in [1.82, 2.24) is 0 Å². The minimum atomic E-state index is -0.864. The molecule has 0 aliphatic heterocycles. The second kappa shape index (κ2) is 8.20. The van der Waals surface area contributed by atoms with E-state index in [-0.39, 0.29) is 17.4 Å². The van der Waals surface area contributed by atoms with Crippen LogP contribution in [-0.4, -0.2) is 15.8 Å². The van der Waals surface area contributed by atoms with Gasteiger partial charge in [-0.3, -0.25) is 14.9 Å². The summed E-state index contributed by atoms with van der Waals surface area (Å²) in [6, 6.07) is 5.86. The Morgan fingerprint density at radius 1 is 1.30 bits per heavy atom. The minimum absolute atomic E-state index is 0.00615. The van der Waals surface area contributed by atoms with Gasteiger partial charge in [-0.05, 0) is 36.5 Å². The van der Waals surface area contributed by atoms with Gasteiger partial charge in [0.1, 0.15) is 5.78 Å². The van der Waals surface area contributed by atoms with Gasteiger partial charge in [-0.2, -0.15) is 0 Å². The Labute approximate surface area is 136 Å². The quantitative estimate of drug-likeness (QED) is 0.464. The summed E-state index contributed by atoms with van der Waals surface area (Å²) >= 11 is 0. The van der Waals surface area contributed by atoms with Crippen LogP contribution in [0.1, 0.15) is 63.5 Å². The Hall–Kier alpha value is -1.75. The lowest BCUT2D eigenvalue weighted by atomic mass is 9.74. The first-order chi connectivity index (χ1) is 11.0. The highest BCUT2D eigenvalue weighted by Crippen LogP contribution is 2.37. The van der Waals surface area contributed by atoms with Gasteiger partial charge in [-0.25, -0.2) is 0 Å². The molecule has 1 saturated carbocycles. The molecule has 0 unspecified atom stereocenters. The fourth-order valence-corrected chi connectivity index (χ4v) is 3.42. The molecule has 0 aromatic heterocycles. The number of aliphatic hydroxyl groups excluding tert-OH is 1. The second-order valence-corrected chi connectivity index (χ2v) is 6.50. The molecule has 1 aliphatic rings. The number of aliphatic hydroxyl groups is 1. The van der Waals surface area contributed by atoms with Gasteiger partial charge in [-0.15, -0.1) is 0 Å². The van der Waals surface area contributed by atoms with Crippen LogP contribution in [0, 0.1) is 22.0 Å². The highest BCUT2D eigenvalue weighted by atomic mass is 16.6. The largest absolute Gasteiger partial charge is 0.388 e. The van der Waals surface area contributed by atoms with Crippen molar-refractivity contribution in [3.05, 3.63) is 39.9 Å². The average molecular weight is 319 g/mol. The SMILES string of the molecule is CCCCC[C@H]1CCC(=O)[C@H]([C@@H](O)c2ccc([N+](=O)[O-])cc2)C1. The summed E-state index contributed by atoms with van der Waals surface area (Å²) in [5.41, 5.74) is 0.580. The number of Topliss-reactive ketones (excluding diaryl/α,β-unsaturated/α-hetero) is 1. The molecule has 0 bridgehead atoms. The van der Waals surface area contributed by atoms with Gasteiger partial charge in [-0.1, -0.05) is 32.6 Å². The van der Waals surface area contributed by atoms with Gasteiger partial charge in [0.25, 0.3) is 5.69 Å². The van der Waals surface area contributed by atoms with Crippen LogP contribution in [0.4, 0.5) is 5.69 Å². The van der Waals surface area contributed by atoms with Crippen molar-refractivity contribution >= 4 is 11.5 Å². The molecule has 0 radical (unpaired) electrons. The molecule has 0 heterocycles. The maximum absolute atomic E-state index is 12.2. The number of benzene rings is 1. The molecule has 1 aromatic carbocycles. The van der Waals surface area contributed by atoms with Crippen molar-refractivity contribution in [2.24, 2.45) is 11.8 Å². The van der Waals surface area contributed by atoms with E-state index in [9.17, 15) is 20.0 Å². The second-order valence-electron chi connectivity index (χ2n) is 6.50. The van der Waals surface area contributed by atoms with Crippen LogP contribution in [0.2, 0.25) is 0 Å². The van der Waals surface area contributed by atoms with Crippen LogP contribution in [0.3, 0.4) is 0 Å². The van der Waals surface area contributed by atoms with Crippen molar-refractivity contribution in [2.45, 2.75) is 58.0 Å². The van der Waals surface area contributed by atoms with Gasteiger partial charge >= 0.3 is 0 Å². The highest BCUT2D eigenvalue weighted by Gasteiger charge is 2.34. The van der Waals surface area contributed by atoms with Crippen LogP contribution >= 0.6 is 0 Å². The number of non-ortho nitro benzene ring substituents is 1. The Morgan fingerprint density at radius 2 is 2.00 bits per heavy atom. The molecular formula is C18H25NO4. The molecule has 1 N–H and O–H groups in total. The van der Waals surface area contributed by atoms with Crippen LogP contribution in [0.5, 0.6) is 0 Å². The zero-order chi connectivity index (χ0) is 16.8. The van der Waals surface area contributed by atoms with Crippen molar-refractivity contribution in [3.63, 3.8) is 0 Å². The number of nitrogens with zero attached hydrogens (tertiary/aromatic N) is 1. The average Bonchev–Trinajstić information content (AvgIpc) is 2.56. The number of carbonyl (C=O) groups excluding carboxylic acids is 1. The van der Waals surface area contributed by atoms with Crippen molar-refractivity contribution in [2.75, 3.05) is 0 Å². The lowest BCUT2D eigenvalue weighted by Crippen LogP contribution is -2.30. The minimum Gasteiger partial charge on any atom is -0.388 e. The molecule has 3 atom stereocenters. The van der Waals surface area contributed by atoms with E-state index in [1.807, 2.05) is 0 Å². The van der Waals surface area contributed by atoms with E-state index in [0.717, 1.165) is 19.3 Å². The number of nitro groups is 1. The summed E-state index contributed by atoms with van der Waals surface area (Å²) in [6.07, 6.45) is 6.00. The Kier molecular flexibility index (Phi) is 6.28. The predicted molar refractivity (Wildman–Crippen MR) is 88.0 cm³/mol. The Balaban J connectivity index is 2.02. The molecule has 0 saturated heterocycles. The molecule has 1 aliphatic carbocycles. The van der Waals surface area contributed by atoms with Gasteiger partial charge < -0.3 is 5.11 Å². The normalized spacial score (nSPS) is 22.8. The first-order valence-corrected chi connectivity index (χ1v) is 8.48. The van der Waals surface area contributed by atoms with Crippen molar-refractivity contribution in [1.29, 1.82) is 0 Å². The van der Waals surface area contributed by atoms with E-state index in [1.165, 1.54) is 31.4 Å². The third kappa shape index (κ3) is 4.61. The van der Waals surface area contributed by atoms with Crippen LogP contribution < -0.4 is 0 Å². The van der Waals surface area contributed by atoms with Crippen LogP contribution in [0.25, 0.3) is 0 Å². The first-order valence-electron chi connectivity index (χ1n) is 8.48. The topological polar surface area (TPSA) is 80.4 Å². The molecule has 23 heavy (non-hydrogen) atoms. The summed E-state index contributed by atoms with van der Waals surface area (Å²) in [5.74, 6) is 0.233. The van der Waals surface area contributed by atoms with E-state index >= 15 is 0 Å². The van der Waals surface area contributed by atoms with Gasteiger partial charge in [0, 0.05) is 24.5 Å². The Morgan fingerprint density at radius 3 is 2.61 bits per heavy atom. The standard InChI is InChI=1S/C18H25NO4/c1-2-3-4-5-13-6-11-17(20)16(12-13)18(21)14-7-9-15(10-8-14)19(22)23/h7-10,13,16,18,21H,2-6,11-12H2,1H3/t13-,16+,18-/m0/s1. The summed E-state index contributed by atoms with van der Waals surface area (Å²) in [6.45, 7) is 2.17. The van der Waals surface area contributed by atoms with Crippen LogP contribution in [0.15, 0.2) is 24.3 Å². The fourth-order valence-electron chi connectivity index (χ4n) is 3.42. The number of carbonyl (C=O) groups is 1. The maximum Gasteiger partial charge on any atom is 0.269 e. The van der Waals surface area contributed by atoms with Gasteiger partial charge in [0.05, 0.1) is 11.0 Å². The third-order valence-electron chi connectivity index (χ3n) is 4.84. The van der Waals surface area contributed by atoms with E-state index in [4.69, 9.17) is 0 Å². The molecule has 5 heteroatoms. The predicted octanol–water partition coefficient (Wildman–Crippen LogP) is 4.19. The number of nitro benzene ring substituents is 1. The van der Waals surface area contributed by atoms with E-state index in [1.54, 1.807) is 12.1 Å². The monoisotopic (exact) mass is 319 g/mol. The summed E-state index contributed by atoms with van der Waals surface area (Å²) in [4.78, 5) is 22.4. The number of ketones is 1. The molecule has 0 spiro atoms. The zero-order valence-corrected chi connectivity index (χ0v) is 13.6. The molecular weight excluding hydrogens is 294 g/mol. The highest BCUT2D eigenvalue weighted by molar-refractivity contribution is 5.82. The molecule has 5 nitrogen and oxygen atoms in total. The number of hydrogen-bond acceptors (Lipinski definition) is 4. The summed E-state index contributed by atoms with van der Waals surface area (Å²) in [5, 5.41) is 21.2. The zero-order valence-electron chi connectivity index (χ0n) is 13.6. The first kappa shape index (κ1) is 17.6. The molecule has 1 aromatic rings. The van der Waals surface area contributed by atoms with E-state index in [0.29, 0.717) is 17.9 Å². The van der Waals surface area contributed by atoms with E-state index in [2.05, 4.69) is 6.92 Å². The molecule has 126 valence electrons. The lowest BCUT2D eigenvalue weighted by molar-refractivity contribution is -0.384. The molecule has 2 rings (SSSR count). The molecule has 0 amide bonds. The van der Waals surface area contributed by atoms with Crippen LogP contribution in [-0.2, 0) is 4.79 Å². The maximum atomic E-state index is 12.2. The number of rotatable bonds is 7. The lowest BCUT2D eigenvalue weighted by Gasteiger charge is -2.31. The van der Waals surface area contributed by atoms with E-state index < -0.39 is 11.0 Å². The number of hydrogen-bond donors (Lipinski definition) is 1. The number of unbranched alkanes of at least 4 members (excludes halogenated alkanes) is 2. The molecule has 1 fully saturated rings. The third-order valence-corrected chi connectivity index (χ3v) is 4.84. The summed E-state index contributed by atoms with van der Waals surface area (Å²) < 4.78 is 0. The Bertz CT molecular complexity index is 540. The van der Waals surface area contributed by atoms with Crippen molar-refractivity contribution in [3.8, 4) is 0 Å². The smallest absolute Gasteiger partial charge is 0.269 e. The fraction of sp³-hybridized carbons (Fsp3) is 0.611. The summed E-state index contributed by atoms with van der Waals surface area (Å²) in [7, 11) is 0.